The Morgan fingerprint density at radius 2 is 2.22 bits per heavy atom. The number of rotatable bonds is 3. The second kappa shape index (κ2) is 5.82. The molecule has 1 aromatic carbocycles. The van der Waals surface area contributed by atoms with Gasteiger partial charge in [0.25, 0.3) is 0 Å². The second-order valence-electron chi connectivity index (χ2n) is 4.13. The van der Waals surface area contributed by atoms with Gasteiger partial charge in [0.15, 0.2) is 0 Å². The van der Waals surface area contributed by atoms with Crippen molar-refractivity contribution in [1.29, 1.82) is 0 Å². The number of carbonyl (C=O) groups excluding carboxylic acids is 2. The summed E-state index contributed by atoms with van der Waals surface area (Å²) in [5.74, 6) is -0.459. The van der Waals surface area contributed by atoms with Crippen molar-refractivity contribution >= 4 is 39.3 Å². The van der Waals surface area contributed by atoms with Crippen LogP contribution in [0.1, 0.15) is 18.4 Å². The Balaban J connectivity index is 1.93. The van der Waals surface area contributed by atoms with Gasteiger partial charge in [-0.15, -0.1) is 0 Å². The first-order valence-corrected chi connectivity index (χ1v) is 6.74. The van der Waals surface area contributed by atoms with Crippen molar-refractivity contribution in [1.82, 2.24) is 10.6 Å². The smallest absolute Gasteiger partial charge is 0.243 e. The average Bonchev–Trinajstić information content (AvgIpc) is 2.32. The molecule has 1 heterocycles. The van der Waals surface area contributed by atoms with Gasteiger partial charge in [0.2, 0.25) is 11.8 Å². The van der Waals surface area contributed by atoms with Gasteiger partial charge in [-0.2, -0.15) is 0 Å². The van der Waals surface area contributed by atoms with Crippen molar-refractivity contribution in [2.24, 2.45) is 0 Å². The Bertz CT molecular complexity index is 493. The van der Waals surface area contributed by atoms with Crippen molar-refractivity contribution in [3.63, 3.8) is 0 Å². The lowest BCUT2D eigenvalue weighted by molar-refractivity contribution is -0.134. The lowest BCUT2D eigenvalue weighted by Gasteiger charge is -2.21. The molecule has 0 aliphatic carbocycles. The molecule has 0 saturated carbocycles. The van der Waals surface area contributed by atoms with E-state index in [1.54, 1.807) is 0 Å². The summed E-state index contributed by atoms with van der Waals surface area (Å²) in [6.07, 6.45) is 0.916. The number of amides is 2. The number of piperidine rings is 1. The van der Waals surface area contributed by atoms with E-state index in [1.165, 1.54) is 0 Å². The highest BCUT2D eigenvalue weighted by atomic mass is 79.9. The van der Waals surface area contributed by atoms with E-state index in [-0.39, 0.29) is 17.9 Å². The molecule has 18 heavy (non-hydrogen) atoms. The molecule has 1 aliphatic heterocycles. The van der Waals surface area contributed by atoms with Crippen molar-refractivity contribution < 1.29 is 9.59 Å². The molecule has 1 aromatic rings. The van der Waals surface area contributed by atoms with Gasteiger partial charge in [0.1, 0.15) is 0 Å². The number of carbonyl (C=O) groups is 2. The molecule has 1 atom stereocenters. The van der Waals surface area contributed by atoms with E-state index in [2.05, 4.69) is 26.6 Å². The van der Waals surface area contributed by atoms with Gasteiger partial charge in [0.05, 0.1) is 11.1 Å². The molecule has 6 heteroatoms. The van der Waals surface area contributed by atoms with Crippen molar-refractivity contribution in [3.8, 4) is 0 Å². The lowest BCUT2D eigenvalue weighted by atomic mass is 10.1. The molecule has 0 radical (unpaired) electrons. The highest BCUT2D eigenvalue weighted by molar-refractivity contribution is 9.10. The summed E-state index contributed by atoms with van der Waals surface area (Å²) < 4.78 is 0.842. The van der Waals surface area contributed by atoms with Crippen LogP contribution in [0.15, 0.2) is 22.7 Å². The first-order valence-electron chi connectivity index (χ1n) is 5.57. The Morgan fingerprint density at radius 3 is 2.89 bits per heavy atom. The van der Waals surface area contributed by atoms with Crippen LogP contribution in [0, 0.1) is 0 Å². The normalized spacial score (nSPS) is 19.8. The van der Waals surface area contributed by atoms with Crippen LogP contribution in [0.4, 0.5) is 0 Å². The standard InChI is InChI=1S/C12H12BrClN2O2/c13-8-2-1-7(5-9(8)14)6-15-10-3-4-11(17)16-12(10)18/h1-2,5,10,15H,3-4,6H2,(H,16,17,18). The van der Waals surface area contributed by atoms with Crippen LogP contribution >= 0.6 is 27.5 Å². The minimum absolute atomic E-state index is 0.204. The second-order valence-corrected chi connectivity index (χ2v) is 5.39. The van der Waals surface area contributed by atoms with Gasteiger partial charge < -0.3 is 5.32 Å². The molecule has 4 nitrogen and oxygen atoms in total. The molecule has 96 valence electrons. The number of halogens is 2. The molecule has 0 bridgehead atoms. The Kier molecular flexibility index (Phi) is 4.37. The fourth-order valence-electron chi connectivity index (χ4n) is 1.78. The number of hydrogen-bond acceptors (Lipinski definition) is 3. The van der Waals surface area contributed by atoms with Crippen LogP contribution in [-0.2, 0) is 16.1 Å². The number of benzene rings is 1. The Morgan fingerprint density at radius 1 is 1.44 bits per heavy atom. The molecule has 1 fully saturated rings. The minimum atomic E-state index is -0.315. The van der Waals surface area contributed by atoms with Gasteiger partial charge in [-0.3, -0.25) is 14.9 Å². The zero-order valence-corrected chi connectivity index (χ0v) is 11.8. The monoisotopic (exact) mass is 330 g/mol. The van der Waals surface area contributed by atoms with Gasteiger partial charge >= 0.3 is 0 Å². The third-order valence-corrected chi connectivity index (χ3v) is 4.01. The molecule has 0 spiro atoms. The number of imide groups is 1. The number of hydrogen-bond donors (Lipinski definition) is 2. The van der Waals surface area contributed by atoms with Crippen LogP contribution in [0.3, 0.4) is 0 Å². The van der Waals surface area contributed by atoms with E-state index < -0.39 is 0 Å². The molecule has 1 saturated heterocycles. The van der Waals surface area contributed by atoms with Crippen molar-refractivity contribution in [2.75, 3.05) is 0 Å². The summed E-state index contributed by atoms with van der Waals surface area (Å²) in [7, 11) is 0. The van der Waals surface area contributed by atoms with Gasteiger partial charge in [0, 0.05) is 17.4 Å². The van der Waals surface area contributed by atoms with Gasteiger partial charge in [-0.25, -0.2) is 0 Å². The molecule has 0 aromatic heterocycles. The van der Waals surface area contributed by atoms with E-state index in [4.69, 9.17) is 11.6 Å². The van der Waals surface area contributed by atoms with Crippen molar-refractivity contribution in [2.45, 2.75) is 25.4 Å². The summed E-state index contributed by atoms with van der Waals surface area (Å²) in [5, 5.41) is 6.07. The molecule has 2 amide bonds. The van der Waals surface area contributed by atoms with Crippen molar-refractivity contribution in [3.05, 3.63) is 33.3 Å². The van der Waals surface area contributed by atoms with E-state index in [0.29, 0.717) is 24.4 Å². The Hall–Kier alpha value is -0.910. The van der Waals surface area contributed by atoms with E-state index in [0.717, 1.165) is 10.0 Å². The predicted octanol–water partition coefficient (Wildman–Crippen LogP) is 2.00. The highest BCUT2D eigenvalue weighted by Crippen LogP contribution is 2.23. The van der Waals surface area contributed by atoms with Gasteiger partial charge in [-0.05, 0) is 40.0 Å². The zero-order chi connectivity index (χ0) is 13.1. The van der Waals surface area contributed by atoms with Crippen LogP contribution in [0.2, 0.25) is 5.02 Å². The highest BCUT2D eigenvalue weighted by Gasteiger charge is 2.25. The van der Waals surface area contributed by atoms with Crippen LogP contribution in [-0.4, -0.2) is 17.9 Å². The number of nitrogens with one attached hydrogen (secondary N) is 2. The predicted molar refractivity (Wildman–Crippen MR) is 72.2 cm³/mol. The van der Waals surface area contributed by atoms with E-state index in [9.17, 15) is 9.59 Å². The average molecular weight is 332 g/mol. The fourth-order valence-corrected chi connectivity index (χ4v) is 2.23. The largest absolute Gasteiger partial charge is 0.302 e. The maximum absolute atomic E-state index is 11.5. The van der Waals surface area contributed by atoms with Crippen LogP contribution in [0.5, 0.6) is 0 Å². The maximum atomic E-state index is 11.5. The fraction of sp³-hybridized carbons (Fsp3) is 0.333. The molecule has 1 unspecified atom stereocenters. The SMILES string of the molecule is O=C1CCC(NCc2ccc(Br)c(Cl)c2)C(=O)N1. The third kappa shape index (κ3) is 3.31. The first kappa shape index (κ1) is 13.5. The van der Waals surface area contributed by atoms with E-state index in [1.807, 2.05) is 18.2 Å². The molecule has 2 rings (SSSR count). The quantitative estimate of drug-likeness (QED) is 0.833. The minimum Gasteiger partial charge on any atom is -0.302 e. The molecular weight excluding hydrogens is 320 g/mol. The summed E-state index contributed by atoms with van der Waals surface area (Å²) >= 11 is 9.30. The van der Waals surface area contributed by atoms with Crippen LogP contribution in [0.25, 0.3) is 0 Å². The molecule has 2 N–H and O–H groups in total. The maximum Gasteiger partial charge on any atom is 0.243 e. The molecule has 1 aliphatic rings. The summed E-state index contributed by atoms with van der Waals surface area (Å²) in [4.78, 5) is 22.5. The first-order chi connectivity index (χ1) is 8.56. The Labute approximate surface area is 118 Å². The summed E-state index contributed by atoms with van der Waals surface area (Å²) in [6, 6.07) is 5.31. The summed E-state index contributed by atoms with van der Waals surface area (Å²) in [5.41, 5.74) is 0.993. The van der Waals surface area contributed by atoms with Crippen LogP contribution < -0.4 is 10.6 Å². The van der Waals surface area contributed by atoms with Gasteiger partial charge in [-0.1, -0.05) is 17.7 Å². The molecular formula is C12H12BrClN2O2. The zero-order valence-electron chi connectivity index (χ0n) is 9.50. The third-order valence-electron chi connectivity index (χ3n) is 2.78. The lowest BCUT2D eigenvalue weighted by Crippen LogP contribution is -2.50. The summed E-state index contributed by atoms with van der Waals surface area (Å²) in [6.45, 7) is 0.541. The topological polar surface area (TPSA) is 58.2 Å². The van der Waals surface area contributed by atoms with E-state index >= 15 is 0 Å².